The topological polar surface area (TPSA) is 113 Å². The maximum Gasteiger partial charge on any atom is 0.269 e. The second kappa shape index (κ2) is 9.33. The standard InChI is InChI=1S/C19H23ClFN5O4S/c1-3-26-8-12(4-5-17(26)27)10-31(29,30)24-23-19(28)14-6-13(7-15(20)18(14)21)16-9-25(2)11-22-16/h6-7,9,11-12,24H,3-5,8,10H2,1-2H3,(H,23,28). The fourth-order valence-corrected chi connectivity index (χ4v) is 4.88. The van der Waals surface area contributed by atoms with Gasteiger partial charge in [0.15, 0.2) is 5.82 Å². The van der Waals surface area contributed by atoms with E-state index < -0.39 is 27.3 Å². The van der Waals surface area contributed by atoms with Crippen LogP contribution < -0.4 is 10.3 Å². The molecule has 2 amide bonds. The maximum absolute atomic E-state index is 14.4. The van der Waals surface area contributed by atoms with Gasteiger partial charge in [0.25, 0.3) is 5.91 Å². The van der Waals surface area contributed by atoms with Gasteiger partial charge in [-0.25, -0.2) is 17.8 Å². The average Bonchev–Trinajstić information content (AvgIpc) is 3.15. The summed E-state index contributed by atoms with van der Waals surface area (Å²) in [5.41, 5.74) is 2.50. The van der Waals surface area contributed by atoms with Gasteiger partial charge in [-0.1, -0.05) is 11.6 Å². The van der Waals surface area contributed by atoms with Crippen molar-refractivity contribution < 1.29 is 22.4 Å². The van der Waals surface area contributed by atoms with Crippen LogP contribution in [0.15, 0.2) is 24.7 Å². The third-order valence-corrected chi connectivity index (χ3v) is 6.63. The number of aromatic nitrogens is 2. The number of rotatable bonds is 7. The Labute approximate surface area is 184 Å². The Kier molecular flexibility index (Phi) is 6.97. The fraction of sp³-hybridized carbons (Fsp3) is 0.421. The number of amides is 2. The molecule has 1 unspecified atom stereocenters. The molecule has 9 nitrogen and oxygen atoms in total. The molecule has 12 heteroatoms. The van der Waals surface area contributed by atoms with Crippen LogP contribution in [0, 0.1) is 11.7 Å². The van der Waals surface area contributed by atoms with E-state index in [0.717, 1.165) is 0 Å². The molecule has 1 aromatic carbocycles. The minimum atomic E-state index is -3.91. The molecule has 31 heavy (non-hydrogen) atoms. The van der Waals surface area contributed by atoms with Crippen molar-refractivity contribution in [1.29, 1.82) is 0 Å². The number of benzene rings is 1. The number of sulfonamides is 1. The molecular formula is C19H23ClFN5O4S. The largest absolute Gasteiger partial charge is 0.343 e. The van der Waals surface area contributed by atoms with E-state index in [2.05, 4.69) is 4.98 Å². The SMILES string of the molecule is CCN1CC(CS(=O)(=O)NNC(=O)c2cc(-c3cn(C)cn3)cc(Cl)c2F)CCC1=O. The zero-order valence-electron chi connectivity index (χ0n) is 17.1. The Morgan fingerprint density at radius 2 is 2.13 bits per heavy atom. The lowest BCUT2D eigenvalue weighted by atomic mass is 10.00. The summed E-state index contributed by atoms with van der Waals surface area (Å²) in [4.78, 5) is 32.0. The van der Waals surface area contributed by atoms with Crippen LogP contribution in [-0.2, 0) is 21.9 Å². The number of hydrogen-bond donors (Lipinski definition) is 2. The zero-order chi connectivity index (χ0) is 22.8. The van der Waals surface area contributed by atoms with Gasteiger partial charge in [-0.2, -0.15) is 0 Å². The van der Waals surface area contributed by atoms with Crippen LogP contribution in [0.2, 0.25) is 5.02 Å². The molecule has 0 saturated carbocycles. The molecule has 2 aromatic rings. The highest BCUT2D eigenvalue weighted by Crippen LogP contribution is 2.27. The first-order valence-electron chi connectivity index (χ1n) is 9.64. The Morgan fingerprint density at radius 1 is 1.39 bits per heavy atom. The highest BCUT2D eigenvalue weighted by atomic mass is 35.5. The lowest BCUT2D eigenvalue weighted by Gasteiger charge is -2.31. The van der Waals surface area contributed by atoms with E-state index >= 15 is 0 Å². The highest BCUT2D eigenvalue weighted by Gasteiger charge is 2.29. The summed E-state index contributed by atoms with van der Waals surface area (Å²) < 4.78 is 40.9. The van der Waals surface area contributed by atoms with Crippen LogP contribution >= 0.6 is 11.6 Å². The van der Waals surface area contributed by atoms with E-state index in [4.69, 9.17) is 11.6 Å². The number of likely N-dealkylation sites (tertiary alicyclic amines) is 1. The van der Waals surface area contributed by atoms with E-state index in [1.165, 1.54) is 12.1 Å². The molecular weight excluding hydrogens is 449 g/mol. The third-order valence-electron chi connectivity index (χ3n) is 5.03. The number of hydrazine groups is 1. The molecule has 1 aliphatic heterocycles. The van der Waals surface area contributed by atoms with Gasteiger partial charge >= 0.3 is 0 Å². The van der Waals surface area contributed by atoms with Crippen molar-refractivity contribution in [3.05, 3.63) is 41.1 Å². The first-order valence-corrected chi connectivity index (χ1v) is 11.7. The third kappa shape index (κ3) is 5.60. The van der Waals surface area contributed by atoms with Crippen molar-refractivity contribution >= 4 is 33.4 Å². The average molecular weight is 472 g/mol. The molecule has 1 aromatic heterocycles. The van der Waals surface area contributed by atoms with Crippen LogP contribution in [0.5, 0.6) is 0 Å². The van der Waals surface area contributed by atoms with Gasteiger partial charge in [0.1, 0.15) is 0 Å². The zero-order valence-corrected chi connectivity index (χ0v) is 18.6. The van der Waals surface area contributed by atoms with Gasteiger partial charge in [-0.3, -0.25) is 15.0 Å². The van der Waals surface area contributed by atoms with E-state index in [1.807, 2.05) is 17.2 Å². The Hall–Kier alpha value is -2.50. The molecule has 0 radical (unpaired) electrons. The number of hydrogen-bond acceptors (Lipinski definition) is 5. The van der Waals surface area contributed by atoms with Crippen molar-refractivity contribution in [2.45, 2.75) is 19.8 Å². The second-order valence-electron chi connectivity index (χ2n) is 7.42. The van der Waals surface area contributed by atoms with Gasteiger partial charge in [-0.05, 0) is 31.4 Å². The summed E-state index contributed by atoms with van der Waals surface area (Å²) in [5.74, 6) is -2.49. The Morgan fingerprint density at radius 3 is 2.77 bits per heavy atom. The van der Waals surface area contributed by atoms with Crippen molar-refractivity contribution in [1.82, 2.24) is 24.7 Å². The summed E-state index contributed by atoms with van der Waals surface area (Å²) in [7, 11) is -2.15. The van der Waals surface area contributed by atoms with Gasteiger partial charge in [-0.15, -0.1) is 4.83 Å². The summed E-state index contributed by atoms with van der Waals surface area (Å²) in [6, 6.07) is 2.59. The van der Waals surface area contributed by atoms with Gasteiger partial charge < -0.3 is 9.47 Å². The quantitative estimate of drug-likeness (QED) is 0.597. The molecule has 1 aliphatic rings. The lowest BCUT2D eigenvalue weighted by molar-refractivity contribution is -0.134. The monoisotopic (exact) mass is 471 g/mol. The minimum absolute atomic E-state index is 0.00227. The fourth-order valence-electron chi connectivity index (χ4n) is 3.44. The number of halogens is 2. The van der Waals surface area contributed by atoms with Crippen LogP contribution in [0.25, 0.3) is 11.3 Å². The first kappa shape index (κ1) is 23.2. The first-order chi connectivity index (χ1) is 14.6. The van der Waals surface area contributed by atoms with Crippen LogP contribution in [0.1, 0.15) is 30.1 Å². The predicted molar refractivity (Wildman–Crippen MR) is 113 cm³/mol. The predicted octanol–water partition coefficient (Wildman–Crippen LogP) is 1.70. The maximum atomic E-state index is 14.4. The number of piperidine rings is 1. The number of imidazole rings is 1. The normalized spacial score (nSPS) is 17.1. The van der Waals surface area contributed by atoms with Crippen molar-refractivity contribution in [2.75, 3.05) is 18.8 Å². The van der Waals surface area contributed by atoms with Gasteiger partial charge in [0, 0.05) is 38.3 Å². The van der Waals surface area contributed by atoms with Crippen LogP contribution in [0.3, 0.4) is 0 Å². The van der Waals surface area contributed by atoms with E-state index in [-0.39, 0.29) is 29.0 Å². The van der Waals surface area contributed by atoms with Crippen LogP contribution in [0.4, 0.5) is 4.39 Å². The van der Waals surface area contributed by atoms with Crippen LogP contribution in [-0.4, -0.2) is 53.5 Å². The number of nitrogens with zero attached hydrogens (tertiary/aromatic N) is 3. The molecule has 1 saturated heterocycles. The van der Waals surface area contributed by atoms with E-state index in [9.17, 15) is 22.4 Å². The molecule has 168 valence electrons. The summed E-state index contributed by atoms with van der Waals surface area (Å²) in [6.07, 6.45) is 3.94. The van der Waals surface area contributed by atoms with E-state index in [0.29, 0.717) is 30.8 Å². The van der Waals surface area contributed by atoms with Crippen molar-refractivity contribution in [3.8, 4) is 11.3 Å². The van der Waals surface area contributed by atoms with Crippen molar-refractivity contribution in [3.63, 3.8) is 0 Å². The van der Waals surface area contributed by atoms with Gasteiger partial charge in [0.2, 0.25) is 15.9 Å². The number of carbonyl (C=O) groups is 2. The summed E-state index contributed by atoms with van der Waals surface area (Å²) in [6.45, 7) is 2.67. The molecule has 1 fully saturated rings. The molecule has 1 atom stereocenters. The lowest BCUT2D eigenvalue weighted by Crippen LogP contribution is -2.47. The second-order valence-corrected chi connectivity index (χ2v) is 9.59. The van der Waals surface area contributed by atoms with Gasteiger partial charge in [0.05, 0.1) is 28.4 Å². The smallest absolute Gasteiger partial charge is 0.269 e. The molecule has 2 heterocycles. The minimum Gasteiger partial charge on any atom is -0.343 e. The summed E-state index contributed by atoms with van der Waals surface area (Å²) in [5, 5.41) is -0.289. The number of carbonyl (C=O) groups excluding carboxylic acids is 2. The molecule has 0 spiro atoms. The highest BCUT2D eigenvalue weighted by molar-refractivity contribution is 7.89. The number of aryl methyl sites for hydroxylation is 1. The molecule has 0 bridgehead atoms. The Bertz CT molecular complexity index is 1100. The summed E-state index contributed by atoms with van der Waals surface area (Å²) >= 11 is 5.92. The molecule has 2 N–H and O–H groups in total. The van der Waals surface area contributed by atoms with E-state index in [1.54, 1.807) is 29.0 Å². The number of nitrogens with one attached hydrogen (secondary N) is 2. The Balaban J connectivity index is 1.68. The van der Waals surface area contributed by atoms with Crippen molar-refractivity contribution in [2.24, 2.45) is 13.0 Å². The molecule has 3 rings (SSSR count). The molecule has 0 aliphatic carbocycles.